The molecule has 1 aromatic rings. The number of rotatable bonds is 4. The minimum atomic E-state index is -0.366. The van der Waals surface area contributed by atoms with Crippen molar-refractivity contribution in [2.24, 2.45) is 0 Å². The Morgan fingerprint density at radius 1 is 1.57 bits per heavy atom. The van der Waals surface area contributed by atoms with Crippen LogP contribution in [0.5, 0.6) is 0 Å². The highest BCUT2D eigenvalue weighted by atomic mass is 16.3. The fourth-order valence-electron chi connectivity index (χ4n) is 0.842. The van der Waals surface area contributed by atoms with E-state index in [2.05, 4.69) is 15.5 Å². The van der Waals surface area contributed by atoms with E-state index in [0.29, 0.717) is 13.0 Å². The first-order chi connectivity index (χ1) is 6.74. The molecule has 3 N–H and O–H groups in total. The Kier molecular flexibility index (Phi) is 3.81. The molecule has 14 heavy (non-hydrogen) atoms. The van der Waals surface area contributed by atoms with Gasteiger partial charge < -0.3 is 10.4 Å². The van der Waals surface area contributed by atoms with Crippen molar-refractivity contribution in [2.45, 2.75) is 6.42 Å². The van der Waals surface area contributed by atoms with Crippen LogP contribution in [0.25, 0.3) is 0 Å². The third kappa shape index (κ3) is 2.98. The van der Waals surface area contributed by atoms with Crippen LogP contribution in [0.2, 0.25) is 0 Å². The molecule has 1 heterocycles. The van der Waals surface area contributed by atoms with Crippen molar-refractivity contribution >= 4 is 5.91 Å². The van der Waals surface area contributed by atoms with Crippen LogP contribution in [-0.4, -0.2) is 34.4 Å². The van der Waals surface area contributed by atoms with Gasteiger partial charge in [0.25, 0.3) is 11.5 Å². The van der Waals surface area contributed by atoms with Crippen molar-refractivity contribution in [3.8, 4) is 0 Å². The number of aromatic nitrogens is 2. The molecule has 0 aliphatic rings. The van der Waals surface area contributed by atoms with Crippen molar-refractivity contribution in [3.63, 3.8) is 0 Å². The third-order valence-corrected chi connectivity index (χ3v) is 1.53. The highest BCUT2D eigenvalue weighted by molar-refractivity contribution is 5.91. The zero-order valence-corrected chi connectivity index (χ0v) is 7.49. The van der Waals surface area contributed by atoms with Gasteiger partial charge in [-0.1, -0.05) is 0 Å². The second kappa shape index (κ2) is 5.13. The van der Waals surface area contributed by atoms with E-state index in [1.807, 2.05) is 0 Å². The van der Waals surface area contributed by atoms with Crippen LogP contribution >= 0.6 is 0 Å². The molecule has 0 fully saturated rings. The molecule has 1 rings (SSSR count). The standard InChI is InChI=1S/C8H11N3O3/c12-5-1-4-9-8(14)6-2-3-7(13)11-10-6/h2-3,12H,1,4-5H2,(H,9,14)(H,11,13). The lowest BCUT2D eigenvalue weighted by Crippen LogP contribution is -2.27. The first kappa shape index (κ1) is 10.4. The highest BCUT2D eigenvalue weighted by Crippen LogP contribution is 1.87. The van der Waals surface area contributed by atoms with Gasteiger partial charge in [-0.25, -0.2) is 5.10 Å². The molecular weight excluding hydrogens is 186 g/mol. The van der Waals surface area contributed by atoms with E-state index >= 15 is 0 Å². The van der Waals surface area contributed by atoms with Crippen LogP contribution in [0, 0.1) is 0 Å². The van der Waals surface area contributed by atoms with Crippen LogP contribution in [0.4, 0.5) is 0 Å². The summed E-state index contributed by atoms with van der Waals surface area (Å²) in [5.41, 5.74) is -0.195. The van der Waals surface area contributed by atoms with Gasteiger partial charge in [0.05, 0.1) is 0 Å². The molecule has 0 aromatic carbocycles. The zero-order valence-electron chi connectivity index (χ0n) is 7.49. The highest BCUT2D eigenvalue weighted by Gasteiger charge is 2.05. The van der Waals surface area contributed by atoms with Gasteiger partial charge in [0, 0.05) is 19.2 Å². The molecule has 0 saturated carbocycles. The second-order valence-electron chi connectivity index (χ2n) is 2.64. The topological polar surface area (TPSA) is 95.1 Å². The predicted molar refractivity (Wildman–Crippen MR) is 48.9 cm³/mol. The van der Waals surface area contributed by atoms with Gasteiger partial charge >= 0.3 is 0 Å². The second-order valence-corrected chi connectivity index (χ2v) is 2.64. The summed E-state index contributed by atoms with van der Waals surface area (Å²) in [6.45, 7) is 0.412. The summed E-state index contributed by atoms with van der Waals surface area (Å²) in [5.74, 6) is -0.366. The zero-order chi connectivity index (χ0) is 10.4. The number of hydrogen-bond acceptors (Lipinski definition) is 4. The van der Waals surface area contributed by atoms with Gasteiger partial charge in [0.2, 0.25) is 0 Å². The number of aliphatic hydroxyl groups is 1. The number of carbonyl (C=O) groups is 1. The quantitative estimate of drug-likeness (QED) is 0.533. The van der Waals surface area contributed by atoms with E-state index in [4.69, 9.17) is 5.11 Å². The van der Waals surface area contributed by atoms with Gasteiger partial charge in [-0.3, -0.25) is 9.59 Å². The molecule has 0 unspecified atom stereocenters. The average molecular weight is 197 g/mol. The minimum absolute atomic E-state index is 0.0271. The summed E-state index contributed by atoms with van der Waals surface area (Å²) in [7, 11) is 0. The monoisotopic (exact) mass is 197 g/mol. The molecule has 0 spiro atoms. The third-order valence-electron chi connectivity index (χ3n) is 1.53. The number of nitrogens with zero attached hydrogens (tertiary/aromatic N) is 1. The molecular formula is C8H11N3O3. The summed E-state index contributed by atoms with van der Waals surface area (Å²) >= 11 is 0. The lowest BCUT2D eigenvalue weighted by Gasteiger charge is -2.01. The van der Waals surface area contributed by atoms with Gasteiger partial charge in [-0.15, -0.1) is 0 Å². The molecule has 0 saturated heterocycles. The molecule has 6 heteroatoms. The summed E-state index contributed by atoms with van der Waals surface area (Å²) < 4.78 is 0. The predicted octanol–water partition coefficient (Wildman–Crippen LogP) is -1.12. The Morgan fingerprint density at radius 3 is 2.93 bits per heavy atom. The largest absolute Gasteiger partial charge is 0.396 e. The van der Waals surface area contributed by atoms with Gasteiger partial charge in [0.1, 0.15) is 5.69 Å². The molecule has 0 aliphatic heterocycles. The van der Waals surface area contributed by atoms with Crippen molar-refractivity contribution in [1.82, 2.24) is 15.5 Å². The molecule has 76 valence electrons. The van der Waals surface area contributed by atoms with E-state index in [9.17, 15) is 9.59 Å². The number of amides is 1. The Bertz CT molecular complexity index is 341. The molecule has 1 aromatic heterocycles. The Balaban J connectivity index is 2.52. The molecule has 0 atom stereocenters. The maximum absolute atomic E-state index is 11.3. The van der Waals surface area contributed by atoms with Crippen molar-refractivity contribution < 1.29 is 9.90 Å². The van der Waals surface area contributed by atoms with Crippen molar-refractivity contribution in [1.29, 1.82) is 0 Å². The van der Waals surface area contributed by atoms with Crippen LogP contribution in [0.1, 0.15) is 16.9 Å². The average Bonchev–Trinajstić information content (AvgIpc) is 2.19. The molecule has 0 radical (unpaired) electrons. The number of aromatic amines is 1. The summed E-state index contributed by atoms with van der Waals surface area (Å²) in [5, 5.41) is 16.7. The number of carbonyl (C=O) groups excluding carboxylic acids is 1. The van der Waals surface area contributed by atoms with Crippen molar-refractivity contribution in [3.05, 3.63) is 28.2 Å². The Morgan fingerprint density at radius 2 is 2.36 bits per heavy atom. The number of H-pyrrole nitrogens is 1. The minimum Gasteiger partial charge on any atom is -0.396 e. The van der Waals surface area contributed by atoms with E-state index in [1.54, 1.807) is 0 Å². The van der Waals surface area contributed by atoms with Gasteiger partial charge in [0.15, 0.2) is 0 Å². The molecule has 6 nitrogen and oxygen atoms in total. The fraction of sp³-hybridized carbons (Fsp3) is 0.375. The summed E-state index contributed by atoms with van der Waals surface area (Å²) in [6, 6.07) is 2.57. The first-order valence-electron chi connectivity index (χ1n) is 4.19. The van der Waals surface area contributed by atoms with E-state index in [-0.39, 0.29) is 23.8 Å². The number of aliphatic hydroxyl groups excluding tert-OH is 1. The Labute approximate surface area is 80.0 Å². The van der Waals surface area contributed by atoms with E-state index in [1.165, 1.54) is 12.1 Å². The fourth-order valence-corrected chi connectivity index (χ4v) is 0.842. The van der Waals surface area contributed by atoms with Crippen LogP contribution in [0.15, 0.2) is 16.9 Å². The Hall–Kier alpha value is -1.69. The van der Waals surface area contributed by atoms with Crippen LogP contribution in [0.3, 0.4) is 0 Å². The maximum atomic E-state index is 11.3. The van der Waals surface area contributed by atoms with E-state index < -0.39 is 0 Å². The number of hydrogen-bond donors (Lipinski definition) is 3. The van der Waals surface area contributed by atoms with Gasteiger partial charge in [-0.2, -0.15) is 5.10 Å². The lowest BCUT2D eigenvalue weighted by molar-refractivity contribution is 0.0945. The number of nitrogens with one attached hydrogen (secondary N) is 2. The SMILES string of the molecule is O=C(NCCCO)c1ccc(=O)[nH]n1. The lowest BCUT2D eigenvalue weighted by atomic mass is 10.3. The van der Waals surface area contributed by atoms with Crippen LogP contribution < -0.4 is 10.9 Å². The molecule has 0 aliphatic carbocycles. The van der Waals surface area contributed by atoms with E-state index in [0.717, 1.165) is 0 Å². The summed E-state index contributed by atoms with van der Waals surface area (Å²) in [6.07, 6.45) is 0.495. The summed E-state index contributed by atoms with van der Waals surface area (Å²) in [4.78, 5) is 21.9. The smallest absolute Gasteiger partial charge is 0.271 e. The first-order valence-corrected chi connectivity index (χ1v) is 4.19. The van der Waals surface area contributed by atoms with Crippen molar-refractivity contribution in [2.75, 3.05) is 13.2 Å². The molecule has 0 bridgehead atoms. The maximum Gasteiger partial charge on any atom is 0.271 e. The normalized spacial score (nSPS) is 9.79. The van der Waals surface area contributed by atoms with Gasteiger partial charge in [-0.05, 0) is 12.5 Å². The molecule has 1 amide bonds. The van der Waals surface area contributed by atoms with Crippen LogP contribution in [-0.2, 0) is 0 Å².